The lowest BCUT2D eigenvalue weighted by Crippen LogP contribution is -2.36. The maximum Gasteiger partial charge on any atom is 0.330 e. The Morgan fingerprint density at radius 2 is 2.00 bits per heavy atom. The molecule has 0 aliphatic carbocycles. The van der Waals surface area contributed by atoms with Gasteiger partial charge in [-0.15, -0.1) is 0 Å². The smallest absolute Gasteiger partial charge is 0.330 e. The fraction of sp³-hybridized carbons (Fsp3) is 0.692. The normalized spacial score (nSPS) is 28.8. The molecule has 1 fully saturated rings. The highest BCUT2D eigenvalue weighted by atomic mass is 19.1. The van der Waals surface area contributed by atoms with E-state index in [0.717, 1.165) is 4.57 Å². The van der Waals surface area contributed by atoms with E-state index < -0.39 is 41.0 Å². The Bertz CT molecular complexity index is 606. The van der Waals surface area contributed by atoms with Crippen molar-refractivity contribution < 1.29 is 13.5 Å². The summed E-state index contributed by atoms with van der Waals surface area (Å²) in [6.07, 6.45) is -0.793. The zero-order chi connectivity index (χ0) is 15.1. The van der Waals surface area contributed by atoms with E-state index in [0.29, 0.717) is 19.0 Å². The second-order valence-electron chi connectivity index (χ2n) is 5.16. The largest absolute Gasteiger partial charge is 0.348 e. The Morgan fingerprint density at radius 3 is 2.50 bits per heavy atom. The first kappa shape index (κ1) is 14.9. The Labute approximate surface area is 114 Å². The number of rotatable bonds is 3. The fourth-order valence-corrected chi connectivity index (χ4v) is 2.87. The van der Waals surface area contributed by atoms with Gasteiger partial charge in [0, 0.05) is 5.92 Å². The van der Waals surface area contributed by atoms with Gasteiger partial charge in [-0.25, -0.2) is 9.18 Å². The summed E-state index contributed by atoms with van der Waals surface area (Å²) in [7, 11) is 0. The average Bonchev–Trinajstić information content (AvgIpc) is 2.68. The van der Waals surface area contributed by atoms with Gasteiger partial charge in [0.1, 0.15) is 0 Å². The van der Waals surface area contributed by atoms with Crippen LogP contribution in [0.5, 0.6) is 0 Å². The van der Waals surface area contributed by atoms with Gasteiger partial charge in [0.25, 0.3) is 5.56 Å². The Morgan fingerprint density at radius 1 is 1.40 bits per heavy atom. The standard InChI is InChI=1S/C13H18F2N2O3/c1-4-13(5-2)7(3)9(15)11(20-13)17-6-8(14)10(18)16-12(17)19/h6-7,9,11H,4-5H2,1-3H3,(H,16,18,19)/t7-,9-,11?/m0/s1. The number of aromatic nitrogens is 2. The summed E-state index contributed by atoms with van der Waals surface area (Å²) in [6, 6.07) is 0. The summed E-state index contributed by atoms with van der Waals surface area (Å²) in [4.78, 5) is 24.5. The van der Waals surface area contributed by atoms with Crippen molar-refractivity contribution in [1.29, 1.82) is 0 Å². The molecule has 20 heavy (non-hydrogen) atoms. The van der Waals surface area contributed by atoms with Crippen LogP contribution in [0.4, 0.5) is 8.78 Å². The van der Waals surface area contributed by atoms with Crippen molar-refractivity contribution in [2.75, 3.05) is 0 Å². The van der Waals surface area contributed by atoms with Gasteiger partial charge in [0.05, 0.1) is 11.8 Å². The van der Waals surface area contributed by atoms with Crippen molar-refractivity contribution in [3.63, 3.8) is 0 Å². The molecule has 0 radical (unpaired) electrons. The molecule has 112 valence electrons. The van der Waals surface area contributed by atoms with Crippen LogP contribution in [0.1, 0.15) is 39.8 Å². The highest BCUT2D eigenvalue weighted by Crippen LogP contribution is 2.46. The summed E-state index contributed by atoms with van der Waals surface area (Å²) < 4.78 is 34.3. The summed E-state index contributed by atoms with van der Waals surface area (Å²) >= 11 is 0. The monoisotopic (exact) mass is 288 g/mol. The number of nitrogens with zero attached hydrogens (tertiary/aromatic N) is 1. The van der Waals surface area contributed by atoms with E-state index in [2.05, 4.69) is 0 Å². The minimum Gasteiger partial charge on any atom is -0.348 e. The van der Waals surface area contributed by atoms with E-state index >= 15 is 0 Å². The van der Waals surface area contributed by atoms with E-state index in [-0.39, 0.29) is 0 Å². The maximum absolute atomic E-state index is 14.4. The molecule has 0 saturated carbocycles. The molecule has 1 aliphatic heterocycles. The van der Waals surface area contributed by atoms with Crippen LogP contribution in [0, 0.1) is 11.7 Å². The highest BCUT2D eigenvalue weighted by Gasteiger charge is 2.52. The second-order valence-corrected chi connectivity index (χ2v) is 5.16. The van der Waals surface area contributed by atoms with Crippen LogP contribution in [0.2, 0.25) is 0 Å². The Kier molecular flexibility index (Phi) is 3.82. The molecule has 0 aromatic carbocycles. The zero-order valence-electron chi connectivity index (χ0n) is 11.7. The van der Waals surface area contributed by atoms with Crippen molar-refractivity contribution in [3.05, 3.63) is 32.9 Å². The molecule has 2 rings (SSSR count). The van der Waals surface area contributed by atoms with Gasteiger partial charge in [-0.3, -0.25) is 14.3 Å². The highest BCUT2D eigenvalue weighted by molar-refractivity contribution is 4.99. The zero-order valence-corrected chi connectivity index (χ0v) is 11.7. The molecule has 1 N–H and O–H groups in total. The molecule has 5 nitrogen and oxygen atoms in total. The predicted molar refractivity (Wildman–Crippen MR) is 68.8 cm³/mol. The molecule has 1 saturated heterocycles. The molecule has 0 amide bonds. The van der Waals surface area contributed by atoms with Crippen molar-refractivity contribution >= 4 is 0 Å². The molecule has 1 unspecified atom stereocenters. The quantitative estimate of drug-likeness (QED) is 0.921. The first-order valence-electron chi connectivity index (χ1n) is 6.69. The van der Waals surface area contributed by atoms with E-state index in [9.17, 15) is 18.4 Å². The van der Waals surface area contributed by atoms with Gasteiger partial charge in [0.2, 0.25) is 5.82 Å². The van der Waals surface area contributed by atoms with E-state index in [1.807, 2.05) is 18.8 Å². The maximum atomic E-state index is 14.4. The third-order valence-corrected chi connectivity index (χ3v) is 4.33. The second kappa shape index (κ2) is 5.12. The lowest BCUT2D eigenvalue weighted by Gasteiger charge is -2.30. The fourth-order valence-electron chi connectivity index (χ4n) is 2.87. The number of nitrogens with one attached hydrogen (secondary N) is 1. The number of hydrogen-bond acceptors (Lipinski definition) is 3. The van der Waals surface area contributed by atoms with Crippen LogP contribution >= 0.6 is 0 Å². The van der Waals surface area contributed by atoms with Crippen LogP contribution in [0.25, 0.3) is 0 Å². The molecular weight excluding hydrogens is 270 g/mol. The van der Waals surface area contributed by atoms with Gasteiger partial charge < -0.3 is 4.74 Å². The third-order valence-electron chi connectivity index (χ3n) is 4.33. The van der Waals surface area contributed by atoms with Gasteiger partial charge in [-0.2, -0.15) is 4.39 Å². The van der Waals surface area contributed by atoms with Crippen molar-refractivity contribution in [2.45, 2.75) is 51.6 Å². The lowest BCUT2D eigenvalue weighted by molar-refractivity contribution is -0.0939. The van der Waals surface area contributed by atoms with Crippen LogP contribution in [0.15, 0.2) is 15.8 Å². The first-order chi connectivity index (χ1) is 9.36. The number of aromatic amines is 1. The molecule has 2 heterocycles. The van der Waals surface area contributed by atoms with Crippen LogP contribution in [0.3, 0.4) is 0 Å². The summed E-state index contributed by atoms with van der Waals surface area (Å²) in [5.41, 5.74) is -2.68. The molecule has 3 atom stereocenters. The predicted octanol–water partition coefficient (Wildman–Crippen LogP) is 1.74. The molecule has 0 bridgehead atoms. The van der Waals surface area contributed by atoms with Crippen molar-refractivity contribution in [3.8, 4) is 0 Å². The van der Waals surface area contributed by atoms with Gasteiger partial charge >= 0.3 is 5.69 Å². The van der Waals surface area contributed by atoms with E-state index in [1.165, 1.54) is 0 Å². The first-order valence-corrected chi connectivity index (χ1v) is 6.69. The van der Waals surface area contributed by atoms with Crippen molar-refractivity contribution in [1.82, 2.24) is 9.55 Å². The molecule has 0 spiro atoms. The third kappa shape index (κ3) is 2.09. The summed E-state index contributed by atoms with van der Waals surface area (Å²) in [6.45, 7) is 5.47. The number of hydrogen-bond donors (Lipinski definition) is 1. The average molecular weight is 288 g/mol. The molecule has 1 aliphatic rings. The van der Waals surface area contributed by atoms with Gasteiger partial charge in [0.15, 0.2) is 12.4 Å². The topological polar surface area (TPSA) is 64.1 Å². The van der Waals surface area contributed by atoms with Gasteiger partial charge in [-0.05, 0) is 12.8 Å². The van der Waals surface area contributed by atoms with Crippen LogP contribution in [-0.2, 0) is 4.74 Å². The Hall–Kier alpha value is -1.50. The molecule has 7 heteroatoms. The Balaban J connectivity index is 2.47. The van der Waals surface area contributed by atoms with E-state index in [4.69, 9.17) is 4.74 Å². The number of H-pyrrole nitrogens is 1. The summed E-state index contributed by atoms with van der Waals surface area (Å²) in [5.74, 6) is -1.57. The number of ether oxygens (including phenoxy) is 1. The minimum atomic E-state index is -1.45. The van der Waals surface area contributed by atoms with E-state index in [1.54, 1.807) is 6.92 Å². The van der Waals surface area contributed by atoms with Crippen LogP contribution in [-0.4, -0.2) is 21.3 Å². The van der Waals surface area contributed by atoms with Crippen LogP contribution < -0.4 is 11.2 Å². The molecule has 1 aromatic rings. The summed E-state index contributed by atoms with van der Waals surface area (Å²) in [5, 5.41) is 0. The molecular formula is C13H18F2N2O3. The number of alkyl halides is 1. The molecule has 1 aromatic heterocycles. The van der Waals surface area contributed by atoms with Gasteiger partial charge in [-0.1, -0.05) is 20.8 Å². The number of halogens is 2. The minimum absolute atomic E-state index is 0.426. The lowest BCUT2D eigenvalue weighted by atomic mass is 9.83. The van der Waals surface area contributed by atoms with Crippen molar-refractivity contribution in [2.24, 2.45) is 5.92 Å². The SMILES string of the molecule is CCC1(CC)OC(n2cc(F)c(=O)[nH]c2=O)[C@@H](F)[C@@H]1C.